The van der Waals surface area contributed by atoms with Crippen molar-refractivity contribution >= 4 is 21.9 Å². The Hall–Kier alpha value is -3.82. The Bertz CT molecular complexity index is 1310. The van der Waals surface area contributed by atoms with Crippen molar-refractivity contribution in [2.24, 2.45) is 0 Å². The molecule has 0 bridgehead atoms. The summed E-state index contributed by atoms with van der Waals surface area (Å²) in [4.78, 5) is 13.0. The zero-order valence-electron chi connectivity index (χ0n) is 18.8. The number of hydrogen-bond acceptors (Lipinski definition) is 6. The number of anilines is 1. The Labute approximate surface area is 198 Å². The van der Waals surface area contributed by atoms with Crippen LogP contribution < -0.4 is 5.32 Å². The highest BCUT2D eigenvalue weighted by Gasteiger charge is 2.21. The monoisotopic (exact) mass is 476 g/mol. The lowest BCUT2D eigenvalue weighted by molar-refractivity contribution is -0.116. The normalized spacial score (nSPS) is 11.6. The minimum Gasteiger partial charge on any atom is -0.403 e. The van der Waals surface area contributed by atoms with Crippen LogP contribution in [0, 0.1) is 0 Å². The number of nitrogens with zero attached hydrogens (tertiary/aromatic N) is 3. The first-order valence-electron chi connectivity index (χ1n) is 10.6. The van der Waals surface area contributed by atoms with Crippen molar-refractivity contribution in [2.45, 2.75) is 17.2 Å². The number of benzene rings is 3. The van der Waals surface area contributed by atoms with Gasteiger partial charge in [-0.15, -0.1) is 5.10 Å². The molecule has 1 amide bonds. The van der Waals surface area contributed by atoms with Crippen LogP contribution in [0.2, 0.25) is 0 Å². The number of carbonyl (C=O) groups is 1. The third-order valence-electron chi connectivity index (χ3n) is 5.34. The summed E-state index contributed by atoms with van der Waals surface area (Å²) in [6, 6.07) is 25.7. The Balaban J connectivity index is 1.48. The molecule has 1 N–H and O–H groups in total. The highest BCUT2D eigenvalue weighted by atomic mass is 32.2. The number of rotatable bonds is 8. The van der Waals surface area contributed by atoms with E-state index in [4.69, 9.17) is 4.42 Å². The van der Waals surface area contributed by atoms with E-state index in [1.807, 2.05) is 60.7 Å². The SMILES string of the molecule is CN(C)S(=O)(=O)c1ccc(-c2nnc(NC(=O)CC(c3ccccc3)c3ccccc3)o2)cc1. The quantitative estimate of drug-likeness (QED) is 0.410. The number of amides is 1. The topological polar surface area (TPSA) is 105 Å². The second-order valence-electron chi connectivity index (χ2n) is 7.85. The van der Waals surface area contributed by atoms with Gasteiger partial charge in [0.1, 0.15) is 0 Å². The Morgan fingerprint density at radius 3 is 1.97 bits per heavy atom. The number of nitrogens with one attached hydrogen (secondary N) is 1. The molecule has 0 saturated heterocycles. The zero-order valence-corrected chi connectivity index (χ0v) is 19.6. The van der Waals surface area contributed by atoms with E-state index in [-0.39, 0.29) is 35.0 Å². The maximum Gasteiger partial charge on any atom is 0.322 e. The van der Waals surface area contributed by atoms with Crippen LogP contribution in [0.4, 0.5) is 6.01 Å². The second-order valence-corrected chi connectivity index (χ2v) is 10.0. The molecule has 1 heterocycles. The van der Waals surface area contributed by atoms with Crippen LogP contribution in [0.25, 0.3) is 11.5 Å². The van der Waals surface area contributed by atoms with Gasteiger partial charge in [-0.05, 0) is 35.4 Å². The van der Waals surface area contributed by atoms with Crippen LogP contribution in [0.3, 0.4) is 0 Å². The molecule has 3 aromatic carbocycles. The van der Waals surface area contributed by atoms with Crippen molar-refractivity contribution in [1.82, 2.24) is 14.5 Å². The van der Waals surface area contributed by atoms with Gasteiger partial charge in [0.2, 0.25) is 21.8 Å². The predicted octanol–water partition coefficient (Wildman–Crippen LogP) is 4.15. The predicted molar refractivity (Wildman–Crippen MR) is 129 cm³/mol. The van der Waals surface area contributed by atoms with E-state index in [0.29, 0.717) is 5.56 Å². The van der Waals surface area contributed by atoms with Gasteiger partial charge >= 0.3 is 6.01 Å². The minimum absolute atomic E-state index is 0.0233. The molecule has 1 aromatic heterocycles. The standard InChI is InChI=1S/C25H24N4O4S/c1-29(2)34(31,32)21-15-13-20(14-16-21)24-27-28-25(33-24)26-23(30)17-22(18-9-5-3-6-10-18)19-11-7-4-8-12-19/h3-16,22H,17H2,1-2H3,(H,26,28,30). The van der Waals surface area contributed by atoms with E-state index in [1.54, 1.807) is 12.1 Å². The molecular weight excluding hydrogens is 452 g/mol. The fraction of sp³-hybridized carbons (Fsp3) is 0.160. The fourth-order valence-electron chi connectivity index (χ4n) is 3.53. The van der Waals surface area contributed by atoms with Gasteiger partial charge in [-0.3, -0.25) is 10.1 Å². The molecule has 4 aromatic rings. The van der Waals surface area contributed by atoms with Gasteiger partial charge in [-0.2, -0.15) is 0 Å². The lowest BCUT2D eigenvalue weighted by atomic mass is 9.88. The van der Waals surface area contributed by atoms with E-state index in [0.717, 1.165) is 15.4 Å². The molecule has 9 heteroatoms. The van der Waals surface area contributed by atoms with Gasteiger partial charge in [0, 0.05) is 32.0 Å². The summed E-state index contributed by atoms with van der Waals surface area (Å²) < 4.78 is 31.2. The Kier molecular flexibility index (Phi) is 6.85. The molecular formula is C25H24N4O4S. The van der Waals surface area contributed by atoms with Gasteiger partial charge < -0.3 is 4.42 Å². The average Bonchev–Trinajstić information content (AvgIpc) is 3.32. The molecule has 0 radical (unpaired) electrons. The first-order valence-corrected chi connectivity index (χ1v) is 12.0. The highest BCUT2D eigenvalue weighted by molar-refractivity contribution is 7.89. The number of carbonyl (C=O) groups excluding carboxylic acids is 1. The summed E-state index contributed by atoms with van der Waals surface area (Å²) in [5.74, 6) is -0.219. The van der Waals surface area contributed by atoms with E-state index in [1.165, 1.54) is 26.2 Å². The van der Waals surface area contributed by atoms with Crippen molar-refractivity contribution in [3.05, 3.63) is 96.1 Å². The van der Waals surface area contributed by atoms with Crippen molar-refractivity contribution in [1.29, 1.82) is 0 Å². The van der Waals surface area contributed by atoms with Gasteiger partial charge in [0.15, 0.2) is 0 Å². The van der Waals surface area contributed by atoms with Gasteiger partial charge in [0.05, 0.1) is 4.90 Å². The van der Waals surface area contributed by atoms with E-state index in [9.17, 15) is 13.2 Å². The van der Waals surface area contributed by atoms with Crippen molar-refractivity contribution < 1.29 is 17.6 Å². The van der Waals surface area contributed by atoms with Crippen LogP contribution in [-0.2, 0) is 14.8 Å². The number of hydrogen-bond donors (Lipinski definition) is 1. The molecule has 0 aliphatic heterocycles. The van der Waals surface area contributed by atoms with Crippen LogP contribution in [0.5, 0.6) is 0 Å². The fourth-order valence-corrected chi connectivity index (χ4v) is 4.43. The Morgan fingerprint density at radius 1 is 0.882 bits per heavy atom. The van der Waals surface area contributed by atoms with E-state index >= 15 is 0 Å². The average molecular weight is 477 g/mol. The molecule has 0 fully saturated rings. The van der Waals surface area contributed by atoms with Crippen molar-refractivity contribution in [3.63, 3.8) is 0 Å². The smallest absolute Gasteiger partial charge is 0.322 e. The lowest BCUT2D eigenvalue weighted by Crippen LogP contribution is -2.22. The molecule has 0 aliphatic carbocycles. The molecule has 174 valence electrons. The summed E-state index contributed by atoms with van der Waals surface area (Å²) in [6.45, 7) is 0. The van der Waals surface area contributed by atoms with E-state index < -0.39 is 10.0 Å². The van der Waals surface area contributed by atoms with Crippen LogP contribution in [-0.4, -0.2) is 42.9 Å². The molecule has 0 saturated carbocycles. The molecule has 0 unspecified atom stereocenters. The third-order valence-corrected chi connectivity index (χ3v) is 7.17. The summed E-state index contributed by atoms with van der Waals surface area (Å²) in [7, 11) is -0.597. The Morgan fingerprint density at radius 2 is 1.44 bits per heavy atom. The van der Waals surface area contributed by atoms with Crippen LogP contribution in [0.15, 0.2) is 94.2 Å². The first kappa shape index (κ1) is 23.3. The summed E-state index contributed by atoms with van der Waals surface area (Å²) >= 11 is 0. The summed E-state index contributed by atoms with van der Waals surface area (Å²) in [5, 5.41) is 10.6. The van der Waals surface area contributed by atoms with Crippen molar-refractivity contribution in [3.8, 4) is 11.5 Å². The second kappa shape index (κ2) is 9.98. The van der Waals surface area contributed by atoms with Crippen LogP contribution >= 0.6 is 0 Å². The third kappa shape index (κ3) is 5.22. The van der Waals surface area contributed by atoms with Crippen LogP contribution in [0.1, 0.15) is 23.5 Å². The van der Waals surface area contributed by atoms with Gasteiger partial charge in [-0.1, -0.05) is 65.8 Å². The molecule has 0 atom stereocenters. The molecule has 0 aliphatic rings. The summed E-state index contributed by atoms with van der Waals surface area (Å²) in [6.07, 6.45) is 0.197. The van der Waals surface area contributed by atoms with E-state index in [2.05, 4.69) is 15.5 Å². The summed E-state index contributed by atoms with van der Waals surface area (Å²) in [5.41, 5.74) is 2.60. The number of sulfonamides is 1. The molecule has 4 rings (SSSR count). The molecule has 8 nitrogen and oxygen atoms in total. The largest absolute Gasteiger partial charge is 0.403 e. The first-order chi connectivity index (χ1) is 16.3. The molecule has 34 heavy (non-hydrogen) atoms. The number of aromatic nitrogens is 2. The van der Waals surface area contributed by atoms with Crippen molar-refractivity contribution in [2.75, 3.05) is 19.4 Å². The zero-order chi connectivity index (χ0) is 24.1. The minimum atomic E-state index is -3.53. The maximum absolute atomic E-state index is 12.8. The molecule has 0 spiro atoms. The van der Waals surface area contributed by atoms with Gasteiger partial charge in [0.25, 0.3) is 0 Å². The highest BCUT2D eigenvalue weighted by Crippen LogP contribution is 2.29. The maximum atomic E-state index is 12.8. The van der Waals surface area contributed by atoms with Gasteiger partial charge in [-0.25, -0.2) is 12.7 Å². The lowest BCUT2D eigenvalue weighted by Gasteiger charge is -2.17.